The first-order valence-electron chi connectivity index (χ1n) is 9.06. The maximum Gasteiger partial charge on any atom is 0.254 e. The van der Waals surface area contributed by atoms with Crippen LogP contribution in [0.25, 0.3) is 5.65 Å². The number of piperazine rings is 1. The minimum atomic E-state index is 0.0601. The van der Waals surface area contributed by atoms with Gasteiger partial charge in [0.05, 0.1) is 0 Å². The van der Waals surface area contributed by atoms with Crippen LogP contribution in [0.3, 0.4) is 0 Å². The van der Waals surface area contributed by atoms with Crippen molar-refractivity contribution in [2.45, 2.75) is 18.9 Å². The molecule has 0 N–H and O–H groups in total. The number of hydrogen-bond donors (Lipinski definition) is 0. The van der Waals surface area contributed by atoms with E-state index in [9.17, 15) is 4.79 Å². The average molecular weight is 348 g/mol. The molecule has 7 heteroatoms. The normalized spacial score (nSPS) is 18.4. The number of carbonyl (C=O) groups excluding carboxylic acids is 1. The van der Waals surface area contributed by atoms with E-state index >= 15 is 0 Å². The molecule has 3 aromatic rings. The molecule has 3 heterocycles. The van der Waals surface area contributed by atoms with E-state index in [-0.39, 0.29) is 5.91 Å². The molecule has 0 unspecified atom stereocenters. The van der Waals surface area contributed by atoms with Gasteiger partial charge in [-0.1, -0.05) is 24.3 Å². The van der Waals surface area contributed by atoms with Crippen LogP contribution in [0.1, 0.15) is 21.5 Å². The number of carbonyl (C=O) groups is 1. The Labute approximate surface area is 151 Å². The molecule has 0 saturated carbocycles. The Morgan fingerprint density at radius 3 is 2.46 bits per heavy atom. The lowest BCUT2D eigenvalue weighted by Crippen LogP contribution is -2.52. The van der Waals surface area contributed by atoms with Gasteiger partial charge in [-0.05, 0) is 46.5 Å². The highest BCUT2D eigenvalue weighted by molar-refractivity contribution is 5.95. The van der Waals surface area contributed by atoms with Gasteiger partial charge in [-0.2, -0.15) is 0 Å². The fourth-order valence-electron chi connectivity index (χ4n) is 4.14. The van der Waals surface area contributed by atoms with E-state index in [0.717, 1.165) is 39.0 Å². The minimum Gasteiger partial charge on any atom is -0.336 e. The monoisotopic (exact) mass is 348 g/mol. The lowest BCUT2D eigenvalue weighted by molar-refractivity contribution is 0.0576. The maximum atomic E-state index is 12.8. The fourth-order valence-corrected chi connectivity index (χ4v) is 4.14. The van der Waals surface area contributed by atoms with Crippen molar-refractivity contribution in [3.05, 3.63) is 59.3 Å². The molecule has 1 fully saturated rings. The van der Waals surface area contributed by atoms with Gasteiger partial charge in [-0.25, -0.2) is 4.52 Å². The molecule has 1 amide bonds. The first-order valence-corrected chi connectivity index (χ1v) is 9.06. The first kappa shape index (κ1) is 15.5. The number of tetrazole rings is 1. The van der Waals surface area contributed by atoms with Crippen molar-refractivity contribution >= 4 is 11.6 Å². The van der Waals surface area contributed by atoms with Crippen LogP contribution in [0.2, 0.25) is 0 Å². The van der Waals surface area contributed by atoms with Gasteiger partial charge < -0.3 is 4.90 Å². The lowest BCUT2D eigenvalue weighted by atomic mass is 10.1. The number of nitrogens with zero attached hydrogens (tertiary/aromatic N) is 6. The molecule has 2 aliphatic rings. The van der Waals surface area contributed by atoms with E-state index in [1.54, 1.807) is 22.8 Å². The van der Waals surface area contributed by atoms with Crippen LogP contribution in [0, 0.1) is 0 Å². The number of pyridine rings is 1. The van der Waals surface area contributed by atoms with Gasteiger partial charge in [0, 0.05) is 44.0 Å². The summed E-state index contributed by atoms with van der Waals surface area (Å²) in [4.78, 5) is 17.3. The Balaban J connectivity index is 1.24. The molecular formula is C19H20N6O. The molecule has 1 aromatic carbocycles. The van der Waals surface area contributed by atoms with Crippen molar-refractivity contribution < 1.29 is 4.79 Å². The van der Waals surface area contributed by atoms with Crippen LogP contribution >= 0.6 is 0 Å². The summed E-state index contributed by atoms with van der Waals surface area (Å²) in [6.07, 6.45) is 3.98. The Bertz CT molecular complexity index is 934. The summed E-state index contributed by atoms with van der Waals surface area (Å²) in [5, 5.41) is 11.4. The van der Waals surface area contributed by atoms with Crippen LogP contribution in [-0.4, -0.2) is 68.0 Å². The van der Waals surface area contributed by atoms with Crippen LogP contribution in [0.5, 0.6) is 0 Å². The zero-order valence-corrected chi connectivity index (χ0v) is 14.5. The van der Waals surface area contributed by atoms with Crippen molar-refractivity contribution in [3.8, 4) is 0 Å². The molecule has 2 aromatic heterocycles. The second-order valence-electron chi connectivity index (χ2n) is 7.06. The van der Waals surface area contributed by atoms with Crippen molar-refractivity contribution in [1.82, 2.24) is 29.8 Å². The van der Waals surface area contributed by atoms with E-state index < -0.39 is 0 Å². The van der Waals surface area contributed by atoms with E-state index in [0.29, 0.717) is 17.3 Å². The molecule has 0 bridgehead atoms. The molecular weight excluding hydrogens is 328 g/mol. The van der Waals surface area contributed by atoms with Crippen LogP contribution in [0.4, 0.5) is 0 Å². The van der Waals surface area contributed by atoms with Crippen molar-refractivity contribution in [2.75, 3.05) is 26.2 Å². The SMILES string of the molecule is O=C(c1ccn2nnnc2c1)N1CCN(C2Cc3ccccc3C2)CC1. The number of aromatic nitrogens is 4. The number of fused-ring (bicyclic) bond motifs is 2. The molecule has 0 radical (unpaired) electrons. The summed E-state index contributed by atoms with van der Waals surface area (Å²) in [7, 11) is 0. The largest absolute Gasteiger partial charge is 0.336 e. The molecule has 1 aliphatic carbocycles. The third kappa shape index (κ3) is 2.64. The van der Waals surface area contributed by atoms with Gasteiger partial charge in [0.15, 0.2) is 5.65 Å². The van der Waals surface area contributed by atoms with Gasteiger partial charge in [-0.3, -0.25) is 9.69 Å². The standard InChI is InChI=1S/C19H20N6O/c26-19(16-5-6-25-18(13-16)20-21-22-25)24-9-7-23(8-10-24)17-11-14-3-1-2-4-15(14)12-17/h1-6,13,17H,7-12H2. The predicted octanol–water partition coefficient (Wildman–Crippen LogP) is 1.05. The van der Waals surface area contributed by atoms with Gasteiger partial charge >= 0.3 is 0 Å². The summed E-state index contributed by atoms with van der Waals surface area (Å²) in [5.41, 5.74) is 4.20. The van der Waals surface area contributed by atoms with Crippen LogP contribution in [-0.2, 0) is 12.8 Å². The van der Waals surface area contributed by atoms with E-state index in [1.807, 2.05) is 4.90 Å². The van der Waals surface area contributed by atoms with Crippen LogP contribution in [0.15, 0.2) is 42.6 Å². The van der Waals surface area contributed by atoms with Crippen LogP contribution < -0.4 is 0 Å². The molecule has 0 atom stereocenters. The topological polar surface area (TPSA) is 66.6 Å². The smallest absolute Gasteiger partial charge is 0.254 e. The minimum absolute atomic E-state index is 0.0601. The zero-order chi connectivity index (χ0) is 17.5. The highest BCUT2D eigenvalue weighted by atomic mass is 16.2. The Morgan fingerprint density at radius 1 is 1.00 bits per heavy atom. The third-order valence-electron chi connectivity index (χ3n) is 5.59. The molecule has 1 aliphatic heterocycles. The van der Waals surface area contributed by atoms with Crippen molar-refractivity contribution in [3.63, 3.8) is 0 Å². The fraction of sp³-hybridized carbons (Fsp3) is 0.368. The average Bonchev–Trinajstić information content (AvgIpc) is 3.33. The molecule has 0 spiro atoms. The molecule has 1 saturated heterocycles. The Morgan fingerprint density at radius 2 is 1.73 bits per heavy atom. The number of benzene rings is 1. The summed E-state index contributed by atoms with van der Waals surface area (Å²) >= 11 is 0. The first-order chi connectivity index (χ1) is 12.8. The lowest BCUT2D eigenvalue weighted by Gasteiger charge is -2.38. The Hall–Kier alpha value is -2.80. The highest BCUT2D eigenvalue weighted by Gasteiger charge is 2.30. The van der Waals surface area contributed by atoms with Gasteiger partial charge in [0.1, 0.15) is 0 Å². The molecule has 5 rings (SSSR count). The van der Waals surface area contributed by atoms with Crippen molar-refractivity contribution in [2.24, 2.45) is 0 Å². The summed E-state index contributed by atoms with van der Waals surface area (Å²) in [5.74, 6) is 0.0601. The number of amides is 1. The molecule has 7 nitrogen and oxygen atoms in total. The second kappa shape index (κ2) is 6.17. The number of rotatable bonds is 2. The van der Waals surface area contributed by atoms with Gasteiger partial charge in [0.25, 0.3) is 5.91 Å². The predicted molar refractivity (Wildman–Crippen MR) is 95.9 cm³/mol. The van der Waals surface area contributed by atoms with Gasteiger partial charge in [-0.15, -0.1) is 5.10 Å². The highest BCUT2D eigenvalue weighted by Crippen LogP contribution is 2.26. The van der Waals surface area contributed by atoms with E-state index in [2.05, 4.69) is 44.7 Å². The summed E-state index contributed by atoms with van der Waals surface area (Å²) in [6, 6.07) is 12.8. The third-order valence-corrected chi connectivity index (χ3v) is 5.59. The quantitative estimate of drug-likeness (QED) is 0.693. The second-order valence-corrected chi connectivity index (χ2v) is 7.06. The molecule has 132 valence electrons. The Kier molecular flexibility index (Phi) is 3.67. The maximum absolute atomic E-state index is 12.8. The number of hydrogen-bond acceptors (Lipinski definition) is 5. The zero-order valence-electron chi connectivity index (χ0n) is 14.5. The summed E-state index contributed by atoms with van der Waals surface area (Å²) in [6.45, 7) is 3.39. The van der Waals surface area contributed by atoms with E-state index in [1.165, 1.54) is 11.1 Å². The molecule has 26 heavy (non-hydrogen) atoms. The van der Waals surface area contributed by atoms with Crippen molar-refractivity contribution in [1.29, 1.82) is 0 Å². The van der Waals surface area contributed by atoms with Gasteiger partial charge in [0.2, 0.25) is 0 Å². The van der Waals surface area contributed by atoms with E-state index in [4.69, 9.17) is 0 Å². The summed E-state index contributed by atoms with van der Waals surface area (Å²) < 4.78 is 1.56.